The number of nitrogens with zero attached hydrogens (tertiary/aromatic N) is 2. The van der Waals surface area contributed by atoms with Gasteiger partial charge in [-0.15, -0.1) is 0 Å². The van der Waals surface area contributed by atoms with Crippen molar-refractivity contribution in [3.8, 4) is 0 Å². The Morgan fingerprint density at radius 1 is 1.62 bits per heavy atom. The maximum Gasteiger partial charge on any atom is 0.137 e. The van der Waals surface area contributed by atoms with Crippen molar-refractivity contribution in [2.75, 3.05) is 0 Å². The molecule has 2 rings (SSSR count). The molecule has 4 heteroatoms. The molecule has 1 aromatic rings. The van der Waals surface area contributed by atoms with Crippen LogP contribution in [0.2, 0.25) is 0 Å². The molecular formula is C12H19N3O. The molecule has 1 aliphatic carbocycles. The molecule has 2 atom stereocenters. The summed E-state index contributed by atoms with van der Waals surface area (Å²) in [7, 11) is 1.90. The Labute approximate surface area is 95.8 Å². The predicted octanol–water partition coefficient (Wildman–Crippen LogP) is 1.05. The van der Waals surface area contributed by atoms with Gasteiger partial charge in [0.25, 0.3) is 0 Å². The van der Waals surface area contributed by atoms with Gasteiger partial charge in [-0.1, -0.05) is 6.42 Å². The molecule has 1 fully saturated rings. The van der Waals surface area contributed by atoms with E-state index in [1.807, 2.05) is 17.8 Å². The molecule has 0 amide bonds. The Balaban J connectivity index is 1.86. The average molecular weight is 221 g/mol. The van der Waals surface area contributed by atoms with Crippen LogP contribution in [0.4, 0.5) is 0 Å². The van der Waals surface area contributed by atoms with E-state index in [-0.39, 0.29) is 12.0 Å². The third kappa shape index (κ3) is 2.32. The lowest BCUT2D eigenvalue weighted by molar-refractivity contribution is -0.123. The fourth-order valence-electron chi connectivity index (χ4n) is 2.47. The van der Waals surface area contributed by atoms with Crippen LogP contribution in [0.25, 0.3) is 0 Å². The van der Waals surface area contributed by atoms with E-state index in [1.54, 1.807) is 6.20 Å². The van der Waals surface area contributed by atoms with Gasteiger partial charge in [-0.25, -0.2) is 0 Å². The van der Waals surface area contributed by atoms with E-state index >= 15 is 0 Å². The minimum Gasteiger partial charge on any atom is -0.327 e. The van der Waals surface area contributed by atoms with Crippen LogP contribution >= 0.6 is 0 Å². The number of hydrogen-bond donors (Lipinski definition) is 1. The van der Waals surface area contributed by atoms with Crippen LogP contribution in [0.1, 0.15) is 31.4 Å². The van der Waals surface area contributed by atoms with Gasteiger partial charge >= 0.3 is 0 Å². The Kier molecular flexibility index (Phi) is 3.39. The van der Waals surface area contributed by atoms with Gasteiger partial charge in [0.15, 0.2) is 0 Å². The van der Waals surface area contributed by atoms with Gasteiger partial charge in [0.1, 0.15) is 5.78 Å². The summed E-state index contributed by atoms with van der Waals surface area (Å²) in [5.74, 6) is 0.430. The predicted molar refractivity (Wildman–Crippen MR) is 61.9 cm³/mol. The molecule has 0 aromatic carbocycles. The molecule has 0 radical (unpaired) electrons. The molecule has 0 saturated heterocycles. The maximum atomic E-state index is 12.0. The minimum atomic E-state index is 0.0963. The van der Waals surface area contributed by atoms with Crippen LogP contribution < -0.4 is 5.73 Å². The zero-order valence-corrected chi connectivity index (χ0v) is 9.72. The van der Waals surface area contributed by atoms with Crippen molar-refractivity contribution in [3.05, 3.63) is 18.0 Å². The Bertz CT molecular complexity index is 372. The van der Waals surface area contributed by atoms with E-state index < -0.39 is 0 Å². The van der Waals surface area contributed by atoms with E-state index in [1.165, 1.54) is 0 Å². The minimum absolute atomic E-state index is 0.0963. The number of Topliss-reactive ketones (excluding diaryl/α,β-unsaturated/α-hetero) is 1. The molecule has 1 heterocycles. The van der Waals surface area contributed by atoms with E-state index in [9.17, 15) is 4.79 Å². The van der Waals surface area contributed by atoms with Gasteiger partial charge < -0.3 is 5.73 Å². The lowest BCUT2D eigenvalue weighted by Crippen LogP contribution is -2.30. The summed E-state index contributed by atoms with van der Waals surface area (Å²) >= 11 is 0. The second kappa shape index (κ2) is 4.78. The summed E-state index contributed by atoms with van der Waals surface area (Å²) in [5, 5.41) is 4.09. The quantitative estimate of drug-likeness (QED) is 0.826. The second-order valence-corrected chi connectivity index (χ2v) is 4.61. The van der Waals surface area contributed by atoms with Gasteiger partial charge in [0, 0.05) is 37.3 Å². The molecule has 1 aliphatic rings. The number of aryl methyl sites for hydroxylation is 2. The first-order valence-electron chi connectivity index (χ1n) is 5.93. The highest BCUT2D eigenvalue weighted by molar-refractivity contribution is 5.82. The number of carbonyl (C=O) groups is 1. The average Bonchev–Trinajstić information content (AvgIpc) is 2.84. The molecule has 4 nitrogen and oxygen atoms in total. The third-order valence-electron chi connectivity index (χ3n) is 3.53. The first-order chi connectivity index (χ1) is 7.68. The number of nitrogens with two attached hydrogens (primary N) is 1. The van der Waals surface area contributed by atoms with Crippen LogP contribution in [0.5, 0.6) is 0 Å². The fourth-order valence-corrected chi connectivity index (χ4v) is 2.47. The van der Waals surface area contributed by atoms with Crippen molar-refractivity contribution >= 4 is 5.78 Å². The van der Waals surface area contributed by atoms with Crippen molar-refractivity contribution in [3.63, 3.8) is 0 Å². The van der Waals surface area contributed by atoms with Crippen molar-refractivity contribution in [2.45, 2.75) is 38.1 Å². The van der Waals surface area contributed by atoms with Crippen LogP contribution in [-0.4, -0.2) is 21.6 Å². The van der Waals surface area contributed by atoms with Crippen molar-refractivity contribution in [2.24, 2.45) is 18.7 Å². The Morgan fingerprint density at radius 2 is 2.44 bits per heavy atom. The van der Waals surface area contributed by atoms with Gasteiger partial charge in [0.2, 0.25) is 0 Å². The number of rotatable bonds is 4. The lowest BCUT2D eigenvalue weighted by Gasteiger charge is -2.13. The monoisotopic (exact) mass is 221 g/mol. The number of hydrogen-bond acceptors (Lipinski definition) is 3. The van der Waals surface area contributed by atoms with Crippen LogP contribution in [0.15, 0.2) is 12.3 Å². The van der Waals surface area contributed by atoms with Crippen molar-refractivity contribution in [1.29, 1.82) is 0 Å². The number of ketones is 1. The molecule has 1 aromatic heterocycles. The van der Waals surface area contributed by atoms with Crippen LogP contribution in [0, 0.1) is 5.92 Å². The second-order valence-electron chi connectivity index (χ2n) is 4.61. The van der Waals surface area contributed by atoms with Crippen molar-refractivity contribution in [1.82, 2.24) is 9.78 Å². The first kappa shape index (κ1) is 11.3. The Hall–Kier alpha value is -1.16. The highest BCUT2D eigenvalue weighted by atomic mass is 16.1. The zero-order valence-electron chi connectivity index (χ0n) is 9.72. The molecule has 1 saturated carbocycles. The molecule has 2 N–H and O–H groups in total. The highest BCUT2D eigenvalue weighted by Gasteiger charge is 2.29. The topological polar surface area (TPSA) is 60.9 Å². The van der Waals surface area contributed by atoms with Gasteiger partial charge in [0.05, 0.1) is 0 Å². The molecular weight excluding hydrogens is 202 g/mol. The SMILES string of the molecule is Cn1nccc1CCC(=O)C1CCCC1N. The molecule has 0 aliphatic heterocycles. The molecule has 88 valence electrons. The van der Waals surface area contributed by atoms with Gasteiger partial charge in [-0.3, -0.25) is 9.48 Å². The largest absolute Gasteiger partial charge is 0.327 e. The van der Waals surface area contributed by atoms with Crippen LogP contribution in [0.3, 0.4) is 0 Å². The van der Waals surface area contributed by atoms with E-state index in [4.69, 9.17) is 5.73 Å². The summed E-state index contributed by atoms with van der Waals surface area (Å²) in [6.07, 6.45) is 6.22. The summed E-state index contributed by atoms with van der Waals surface area (Å²) in [5.41, 5.74) is 7.03. The smallest absolute Gasteiger partial charge is 0.137 e. The number of carbonyl (C=O) groups excluding carboxylic acids is 1. The standard InChI is InChI=1S/C12H19N3O/c1-15-9(7-8-14-15)5-6-12(16)10-3-2-4-11(10)13/h7-8,10-11H,2-6,13H2,1H3. The summed E-state index contributed by atoms with van der Waals surface area (Å²) in [6.45, 7) is 0. The number of aromatic nitrogens is 2. The maximum absolute atomic E-state index is 12.0. The third-order valence-corrected chi connectivity index (χ3v) is 3.53. The summed E-state index contributed by atoms with van der Waals surface area (Å²) in [6, 6.07) is 2.06. The molecule has 2 unspecified atom stereocenters. The van der Waals surface area contributed by atoms with Crippen molar-refractivity contribution < 1.29 is 4.79 Å². The fraction of sp³-hybridized carbons (Fsp3) is 0.667. The molecule has 16 heavy (non-hydrogen) atoms. The molecule has 0 bridgehead atoms. The van der Waals surface area contributed by atoms with E-state index in [0.29, 0.717) is 12.2 Å². The Morgan fingerprint density at radius 3 is 3.00 bits per heavy atom. The summed E-state index contributed by atoms with van der Waals surface area (Å²) < 4.78 is 1.82. The lowest BCUT2D eigenvalue weighted by atomic mass is 9.95. The van der Waals surface area contributed by atoms with Gasteiger partial charge in [-0.2, -0.15) is 5.10 Å². The normalized spacial score (nSPS) is 24.9. The van der Waals surface area contributed by atoms with E-state index in [0.717, 1.165) is 31.4 Å². The highest BCUT2D eigenvalue weighted by Crippen LogP contribution is 2.26. The zero-order chi connectivity index (χ0) is 11.5. The first-order valence-corrected chi connectivity index (χ1v) is 5.93. The van der Waals surface area contributed by atoms with Gasteiger partial charge in [-0.05, 0) is 25.3 Å². The summed E-state index contributed by atoms with van der Waals surface area (Å²) in [4.78, 5) is 12.0. The van der Waals surface area contributed by atoms with Crippen LogP contribution in [-0.2, 0) is 18.3 Å². The molecule has 0 spiro atoms. The van der Waals surface area contributed by atoms with E-state index in [2.05, 4.69) is 5.10 Å².